The van der Waals surface area contributed by atoms with Gasteiger partial charge < -0.3 is 18.9 Å². The summed E-state index contributed by atoms with van der Waals surface area (Å²) in [7, 11) is 3.08. The van der Waals surface area contributed by atoms with Crippen LogP contribution >= 0.6 is 15.9 Å². The van der Waals surface area contributed by atoms with E-state index in [2.05, 4.69) is 25.7 Å². The van der Waals surface area contributed by atoms with E-state index in [9.17, 15) is 31.9 Å². The van der Waals surface area contributed by atoms with Crippen molar-refractivity contribution in [3.8, 4) is 23.1 Å². The van der Waals surface area contributed by atoms with Crippen LogP contribution in [-0.4, -0.2) is 40.6 Å². The third-order valence-electron chi connectivity index (χ3n) is 4.64. The third kappa shape index (κ3) is 5.41. The van der Waals surface area contributed by atoms with E-state index in [0.29, 0.717) is 0 Å². The molecule has 0 aliphatic carbocycles. The number of ether oxygens (including phenoxy) is 4. The molecule has 0 bridgehead atoms. The largest absolute Gasteiger partial charge is 0.464 e. The second-order valence-electron chi connectivity index (χ2n) is 6.89. The van der Waals surface area contributed by atoms with Crippen molar-refractivity contribution in [2.24, 2.45) is 7.05 Å². The quantitative estimate of drug-likeness (QED) is 0.239. The number of hydrogen-bond acceptors (Lipinski definition) is 8. The van der Waals surface area contributed by atoms with Crippen LogP contribution < -0.4 is 20.7 Å². The molecule has 15 heteroatoms. The molecule has 0 aliphatic heterocycles. The number of rotatable bonds is 7. The van der Waals surface area contributed by atoms with Gasteiger partial charge in [-0.05, 0) is 34.1 Å². The van der Waals surface area contributed by atoms with Gasteiger partial charge in [-0.15, -0.1) is 0 Å². The van der Waals surface area contributed by atoms with Crippen molar-refractivity contribution in [1.29, 1.82) is 0 Å². The number of alkyl halides is 3. The number of aromatic nitrogens is 3. The molecule has 3 aromatic rings. The Labute approximate surface area is 207 Å². The number of benzene rings is 1. The Balaban J connectivity index is 2.09. The SMILES string of the molecule is COC(=O)[C@H](OC)Oc1ncccc1Oc1cc(-n2c(=O)cc(C(F)(F)F)n(C)c2=O)c(F)cc1Br. The topological polar surface area (TPSA) is 111 Å². The lowest BCUT2D eigenvalue weighted by molar-refractivity contribution is -0.170. The van der Waals surface area contributed by atoms with E-state index < -0.39 is 46.9 Å². The van der Waals surface area contributed by atoms with Crippen LogP contribution in [0.4, 0.5) is 17.6 Å². The van der Waals surface area contributed by atoms with Crippen molar-refractivity contribution < 1.29 is 41.3 Å². The van der Waals surface area contributed by atoms with Gasteiger partial charge in [-0.2, -0.15) is 13.2 Å². The highest BCUT2D eigenvalue weighted by Gasteiger charge is 2.35. The smallest absolute Gasteiger partial charge is 0.431 e. The maximum Gasteiger partial charge on any atom is 0.431 e. The lowest BCUT2D eigenvalue weighted by atomic mass is 10.2. The molecule has 0 amide bonds. The van der Waals surface area contributed by atoms with E-state index >= 15 is 0 Å². The fourth-order valence-electron chi connectivity index (χ4n) is 2.94. The predicted octanol–water partition coefficient (Wildman–Crippen LogP) is 3.17. The molecule has 1 atom stereocenters. The first kappa shape index (κ1) is 26.9. The van der Waals surface area contributed by atoms with Gasteiger partial charge in [0.05, 0.1) is 17.3 Å². The molecule has 10 nitrogen and oxygen atoms in total. The molecule has 0 saturated heterocycles. The summed E-state index contributed by atoms with van der Waals surface area (Å²) in [6, 6.07) is 4.74. The highest BCUT2D eigenvalue weighted by Crippen LogP contribution is 2.36. The van der Waals surface area contributed by atoms with Crippen molar-refractivity contribution in [3.05, 3.63) is 73.4 Å². The van der Waals surface area contributed by atoms with Crippen LogP contribution in [0.1, 0.15) is 5.69 Å². The number of carbonyl (C=O) groups is 1. The molecule has 0 fully saturated rings. The Kier molecular flexibility index (Phi) is 7.83. The Bertz CT molecular complexity index is 1420. The van der Waals surface area contributed by atoms with Crippen molar-refractivity contribution in [3.63, 3.8) is 0 Å². The van der Waals surface area contributed by atoms with Gasteiger partial charge in [-0.3, -0.25) is 9.36 Å². The van der Waals surface area contributed by atoms with E-state index in [0.717, 1.165) is 26.3 Å². The highest BCUT2D eigenvalue weighted by molar-refractivity contribution is 9.10. The van der Waals surface area contributed by atoms with Crippen molar-refractivity contribution in [1.82, 2.24) is 14.1 Å². The average molecular weight is 578 g/mol. The lowest BCUT2D eigenvalue weighted by Gasteiger charge is -2.18. The van der Waals surface area contributed by atoms with Gasteiger partial charge in [0.1, 0.15) is 17.3 Å². The highest BCUT2D eigenvalue weighted by atomic mass is 79.9. The molecule has 0 spiro atoms. The maximum atomic E-state index is 14.8. The number of carbonyl (C=O) groups excluding carboxylic acids is 1. The molecule has 2 aromatic heterocycles. The molecule has 36 heavy (non-hydrogen) atoms. The van der Waals surface area contributed by atoms with Crippen LogP contribution in [0.3, 0.4) is 0 Å². The molecule has 3 rings (SSSR count). The summed E-state index contributed by atoms with van der Waals surface area (Å²) in [6.07, 6.45) is -5.18. The summed E-state index contributed by atoms with van der Waals surface area (Å²) in [5, 5.41) is 0. The van der Waals surface area contributed by atoms with Crippen LogP contribution in [0.2, 0.25) is 0 Å². The molecule has 2 heterocycles. The van der Waals surface area contributed by atoms with E-state index in [-0.39, 0.29) is 37.1 Å². The fraction of sp³-hybridized carbons (Fsp3) is 0.238. The minimum atomic E-state index is -4.99. The molecule has 1 aromatic carbocycles. The zero-order valence-corrected chi connectivity index (χ0v) is 20.2. The fourth-order valence-corrected chi connectivity index (χ4v) is 3.33. The van der Waals surface area contributed by atoms with Gasteiger partial charge in [-0.25, -0.2) is 23.5 Å². The zero-order valence-electron chi connectivity index (χ0n) is 18.6. The minimum Gasteiger partial charge on any atom is -0.464 e. The first-order valence-electron chi connectivity index (χ1n) is 9.68. The van der Waals surface area contributed by atoms with Gasteiger partial charge in [0.2, 0.25) is 0 Å². The summed E-state index contributed by atoms with van der Waals surface area (Å²) in [5.74, 6) is -2.51. The molecule has 0 saturated carbocycles. The predicted molar refractivity (Wildman–Crippen MR) is 118 cm³/mol. The number of hydrogen-bond donors (Lipinski definition) is 0. The molecular formula is C21H16BrF4N3O7. The Morgan fingerprint density at radius 1 is 1.14 bits per heavy atom. The lowest BCUT2D eigenvalue weighted by Crippen LogP contribution is -2.41. The zero-order chi connectivity index (χ0) is 26.8. The first-order chi connectivity index (χ1) is 16.9. The number of pyridine rings is 1. The molecule has 0 unspecified atom stereocenters. The van der Waals surface area contributed by atoms with Gasteiger partial charge in [0.25, 0.3) is 11.4 Å². The monoisotopic (exact) mass is 577 g/mol. The van der Waals surface area contributed by atoms with Crippen molar-refractivity contribution >= 4 is 21.9 Å². The standard InChI is InChI=1S/C21H16BrF4N3O7/c1-28-15(21(24,25)26)9-16(30)29(20(28)32)12-8-14(10(22)7-11(12)23)35-13-5-4-6-27-17(13)36-19(34-3)18(31)33-2/h4-9,19H,1-3H3/t19-/m1/s1. The Morgan fingerprint density at radius 3 is 2.44 bits per heavy atom. The van der Waals surface area contributed by atoms with Crippen molar-refractivity contribution in [2.45, 2.75) is 12.5 Å². The van der Waals surface area contributed by atoms with E-state index in [4.69, 9.17) is 14.2 Å². The van der Waals surface area contributed by atoms with E-state index in [1.807, 2.05) is 0 Å². The van der Waals surface area contributed by atoms with Gasteiger partial charge in [-0.1, -0.05) is 0 Å². The van der Waals surface area contributed by atoms with Crippen LogP contribution in [0.25, 0.3) is 5.69 Å². The molecule has 192 valence electrons. The second kappa shape index (κ2) is 10.5. The van der Waals surface area contributed by atoms with Crippen LogP contribution in [0, 0.1) is 5.82 Å². The van der Waals surface area contributed by atoms with Gasteiger partial charge in [0.15, 0.2) is 5.75 Å². The number of methoxy groups -OCH3 is 2. The van der Waals surface area contributed by atoms with Crippen LogP contribution in [0.5, 0.6) is 17.4 Å². The van der Waals surface area contributed by atoms with Gasteiger partial charge >= 0.3 is 24.1 Å². The summed E-state index contributed by atoms with van der Waals surface area (Å²) in [5.41, 5.74) is -5.03. The van der Waals surface area contributed by atoms with E-state index in [1.165, 1.54) is 25.4 Å². The average Bonchev–Trinajstić information content (AvgIpc) is 2.82. The number of esters is 1. The summed E-state index contributed by atoms with van der Waals surface area (Å²) in [6.45, 7) is 0. The van der Waals surface area contributed by atoms with E-state index in [1.54, 1.807) is 0 Å². The molecular weight excluding hydrogens is 562 g/mol. The second-order valence-corrected chi connectivity index (χ2v) is 7.75. The summed E-state index contributed by atoms with van der Waals surface area (Å²) >= 11 is 3.08. The molecule has 0 aliphatic rings. The minimum absolute atomic E-state index is 0.00611. The molecule has 0 radical (unpaired) electrons. The van der Waals surface area contributed by atoms with Crippen LogP contribution in [0.15, 0.2) is 50.6 Å². The van der Waals surface area contributed by atoms with Gasteiger partial charge in [0, 0.05) is 32.5 Å². The Hall–Kier alpha value is -3.72. The normalized spacial score (nSPS) is 12.2. The number of halogens is 5. The van der Waals surface area contributed by atoms with Crippen LogP contribution in [-0.2, 0) is 27.5 Å². The number of nitrogens with zero attached hydrogens (tertiary/aromatic N) is 3. The Morgan fingerprint density at radius 2 is 1.83 bits per heavy atom. The summed E-state index contributed by atoms with van der Waals surface area (Å²) in [4.78, 5) is 40.7. The molecule has 0 N–H and O–H groups in total. The third-order valence-corrected chi connectivity index (χ3v) is 5.26. The summed E-state index contributed by atoms with van der Waals surface area (Å²) < 4.78 is 75.1. The van der Waals surface area contributed by atoms with Crippen molar-refractivity contribution in [2.75, 3.05) is 14.2 Å². The maximum absolute atomic E-state index is 14.8. The first-order valence-corrected chi connectivity index (χ1v) is 10.5.